The van der Waals surface area contributed by atoms with Gasteiger partial charge in [-0.2, -0.15) is 0 Å². The Morgan fingerprint density at radius 3 is 2.54 bits per heavy atom. The SMILES string of the molecule is [CH2]c1csc2cc(Cl)c(Cl)c(Cl)c12. The van der Waals surface area contributed by atoms with E-state index >= 15 is 0 Å². The summed E-state index contributed by atoms with van der Waals surface area (Å²) in [6.45, 7) is 3.86. The van der Waals surface area contributed by atoms with Crippen LogP contribution in [0.4, 0.5) is 0 Å². The molecule has 0 aliphatic carbocycles. The molecule has 1 aromatic heterocycles. The lowest BCUT2D eigenvalue weighted by atomic mass is 10.2. The van der Waals surface area contributed by atoms with Crippen molar-refractivity contribution in [2.75, 3.05) is 0 Å². The van der Waals surface area contributed by atoms with Crippen LogP contribution in [0.1, 0.15) is 5.56 Å². The van der Waals surface area contributed by atoms with Gasteiger partial charge in [-0.05, 0) is 23.9 Å². The fraction of sp³-hybridized carbons (Fsp3) is 0. The van der Waals surface area contributed by atoms with E-state index in [-0.39, 0.29) is 0 Å². The van der Waals surface area contributed by atoms with E-state index in [1.54, 1.807) is 11.3 Å². The lowest BCUT2D eigenvalue weighted by Gasteiger charge is -2.01. The first-order valence-electron chi connectivity index (χ1n) is 3.48. The molecule has 13 heavy (non-hydrogen) atoms. The Balaban J connectivity index is 2.97. The van der Waals surface area contributed by atoms with Gasteiger partial charge in [-0.25, -0.2) is 0 Å². The van der Waals surface area contributed by atoms with Crippen molar-refractivity contribution in [1.82, 2.24) is 0 Å². The van der Waals surface area contributed by atoms with Gasteiger partial charge in [0.25, 0.3) is 0 Å². The van der Waals surface area contributed by atoms with Crippen molar-refractivity contribution in [1.29, 1.82) is 0 Å². The molecule has 0 saturated carbocycles. The fourth-order valence-electron chi connectivity index (χ4n) is 1.16. The third-order valence-corrected chi connectivity index (χ3v) is 4.02. The van der Waals surface area contributed by atoms with Crippen molar-refractivity contribution in [3.8, 4) is 0 Å². The van der Waals surface area contributed by atoms with Crippen molar-refractivity contribution in [3.63, 3.8) is 0 Å². The molecule has 0 amide bonds. The van der Waals surface area contributed by atoms with Gasteiger partial charge in [-0.3, -0.25) is 0 Å². The zero-order valence-electron chi connectivity index (χ0n) is 6.40. The highest BCUT2D eigenvalue weighted by Crippen LogP contribution is 2.40. The molecule has 1 aromatic carbocycles. The Morgan fingerprint density at radius 2 is 1.85 bits per heavy atom. The summed E-state index contributed by atoms with van der Waals surface area (Å²) in [5.74, 6) is 0. The highest BCUT2D eigenvalue weighted by atomic mass is 35.5. The van der Waals surface area contributed by atoms with Crippen molar-refractivity contribution in [2.24, 2.45) is 0 Å². The molecule has 0 aliphatic rings. The molecule has 0 fully saturated rings. The van der Waals surface area contributed by atoms with Crippen LogP contribution in [0, 0.1) is 6.92 Å². The van der Waals surface area contributed by atoms with Crippen LogP contribution >= 0.6 is 46.1 Å². The normalized spacial score (nSPS) is 11.1. The van der Waals surface area contributed by atoms with Gasteiger partial charge in [0, 0.05) is 10.1 Å². The number of halogens is 3. The van der Waals surface area contributed by atoms with E-state index in [4.69, 9.17) is 34.8 Å². The maximum Gasteiger partial charge on any atom is 0.0785 e. The van der Waals surface area contributed by atoms with Crippen LogP contribution < -0.4 is 0 Å². The summed E-state index contributed by atoms with van der Waals surface area (Å²) in [5, 5.41) is 4.22. The lowest BCUT2D eigenvalue weighted by Crippen LogP contribution is -1.75. The lowest BCUT2D eigenvalue weighted by molar-refractivity contribution is 1.78. The first-order valence-corrected chi connectivity index (χ1v) is 5.49. The summed E-state index contributed by atoms with van der Waals surface area (Å²) in [6, 6.07) is 1.81. The predicted molar refractivity (Wildman–Crippen MR) is 61.3 cm³/mol. The minimum Gasteiger partial charge on any atom is -0.143 e. The van der Waals surface area contributed by atoms with Crippen molar-refractivity contribution >= 4 is 56.2 Å². The van der Waals surface area contributed by atoms with Gasteiger partial charge < -0.3 is 0 Å². The summed E-state index contributed by atoms with van der Waals surface area (Å²) in [7, 11) is 0. The van der Waals surface area contributed by atoms with Crippen molar-refractivity contribution in [2.45, 2.75) is 0 Å². The van der Waals surface area contributed by atoms with E-state index < -0.39 is 0 Å². The number of benzene rings is 1. The minimum atomic E-state index is 0.402. The van der Waals surface area contributed by atoms with Crippen LogP contribution in [-0.2, 0) is 0 Å². The van der Waals surface area contributed by atoms with E-state index in [1.165, 1.54) is 0 Å². The zero-order valence-corrected chi connectivity index (χ0v) is 9.49. The molecule has 0 atom stereocenters. The molecule has 0 N–H and O–H groups in total. The second-order valence-corrected chi connectivity index (χ2v) is 4.69. The third-order valence-electron chi connectivity index (χ3n) is 1.78. The van der Waals surface area contributed by atoms with E-state index in [1.807, 2.05) is 11.4 Å². The first-order chi connectivity index (χ1) is 6.11. The Hall–Kier alpha value is 0.0500. The van der Waals surface area contributed by atoms with Gasteiger partial charge in [-0.1, -0.05) is 34.8 Å². The maximum atomic E-state index is 6.03. The molecule has 4 heteroatoms. The van der Waals surface area contributed by atoms with Crippen LogP contribution in [0.5, 0.6) is 0 Å². The second-order valence-electron chi connectivity index (χ2n) is 2.62. The monoisotopic (exact) mass is 249 g/mol. The minimum absolute atomic E-state index is 0.402. The maximum absolute atomic E-state index is 6.03. The number of thiophene rings is 1. The van der Waals surface area contributed by atoms with Gasteiger partial charge in [-0.15, -0.1) is 11.3 Å². The number of rotatable bonds is 0. The molecule has 0 spiro atoms. The highest BCUT2D eigenvalue weighted by Gasteiger charge is 2.11. The molecule has 0 unspecified atom stereocenters. The first kappa shape index (κ1) is 9.60. The molecule has 1 heterocycles. The van der Waals surface area contributed by atoms with Gasteiger partial charge in [0.1, 0.15) is 0 Å². The molecule has 0 aliphatic heterocycles. The molecular weight excluding hydrogens is 247 g/mol. The summed E-state index contributed by atoms with van der Waals surface area (Å²) in [4.78, 5) is 0. The summed E-state index contributed by atoms with van der Waals surface area (Å²) in [6.07, 6.45) is 0. The molecule has 67 valence electrons. The topological polar surface area (TPSA) is 0 Å². The van der Waals surface area contributed by atoms with Crippen LogP contribution in [-0.4, -0.2) is 0 Å². The number of fused-ring (bicyclic) bond motifs is 1. The average molecular weight is 251 g/mol. The average Bonchev–Trinajstić information content (AvgIpc) is 2.43. The molecule has 0 nitrogen and oxygen atoms in total. The van der Waals surface area contributed by atoms with E-state index in [9.17, 15) is 0 Å². The zero-order chi connectivity index (χ0) is 9.59. The van der Waals surface area contributed by atoms with Crippen LogP contribution in [0.3, 0.4) is 0 Å². The summed E-state index contributed by atoms with van der Waals surface area (Å²) in [5.41, 5.74) is 0.892. The van der Waals surface area contributed by atoms with Crippen LogP contribution in [0.2, 0.25) is 15.1 Å². The molecule has 2 rings (SSSR count). The molecule has 0 bridgehead atoms. The van der Waals surface area contributed by atoms with Crippen LogP contribution in [0.15, 0.2) is 11.4 Å². The highest BCUT2D eigenvalue weighted by molar-refractivity contribution is 7.17. The smallest absolute Gasteiger partial charge is 0.0785 e. The number of hydrogen-bond acceptors (Lipinski definition) is 1. The van der Waals surface area contributed by atoms with Gasteiger partial charge in [0.05, 0.1) is 15.1 Å². The largest absolute Gasteiger partial charge is 0.143 e. The molecule has 2 aromatic rings. The Kier molecular flexibility index (Phi) is 2.45. The standard InChI is InChI=1S/C9H4Cl3S/c1-4-3-13-6-2-5(10)8(11)9(12)7(4)6/h2-3H,1H2. The van der Waals surface area contributed by atoms with E-state index in [0.29, 0.717) is 15.1 Å². The fourth-order valence-corrected chi connectivity index (χ4v) is 2.93. The van der Waals surface area contributed by atoms with Gasteiger partial charge >= 0.3 is 0 Å². The molecule has 1 radical (unpaired) electrons. The summed E-state index contributed by atoms with van der Waals surface area (Å²) < 4.78 is 1.02. The van der Waals surface area contributed by atoms with Crippen LogP contribution in [0.25, 0.3) is 10.1 Å². The van der Waals surface area contributed by atoms with E-state index in [2.05, 4.69) is 6.92 Å². The quantitative estimate of drug-likeness (QED) is 0.574. The Labute approximate surface area is 95.0 Å². The molecule has 0 saturated heterocycles. The van der Waals surface area contributed by atoms with Gasteiger partial charge in [0.15, 0.2) is 0 Å². The van der Waals surface area contributed by atoms with E-state index in [0.717, 1.165) is 15.6 Å². The molecular formula is C9H4Cl3S. The second kappa shape index (κ2) is 3.32. The predicted octanol–water partition coefficient (Wildman–Crippen LogP) is 5.04. The van der Waals surface area contributed by atoms with Crippen molar-refractivity contribution < 1.29 is 0 Å². The summed E-state index contributed by atoms with van der Waals surface area (Å²) >= 11 is 19.4. The third kappa shape index (κ3) is 1.44. The Morgan fingerprint density at radius 1 is 1.15 bits per heavy atom. The number of hydrogen-bond donors (Lipinski definition) is 0. The Bertz CT molecular complexity index is 473. The van der Waals surface area contributed by atoms with Gasteiger partial charge in [0.2, 0.25) is 0 Å². The van der Waals surface area contributed by atoms with Crippen molar-refractivity contribution in [3.05, 3.63) is 39.0 Å².